The number of piperazine rings is 1. The number of nitriles is 1. The van der Waals surface area contributed by atoms with Gasteiger partial charge in [-0.1, -0.05) is 6.07 Å². The molecule has 1 fully saturated rings. The molecule has 2 heterocycles. The molecule has 0 saturated carbocycles. The topological polar surface area (TPSA) is 60.2 Å². The van der Waals surface area contributed by atoms with Crippen molar-refractivity contribution in [3.8, 4) is 6.07 Å². The van der Waals surface area contributed by atoms with E-state index in [2.05, 4.69) is 16.0 Å². The van der Waals surface area contributed by atoms with E-state index in [1.54, 1.807) is 13.1 Å². The van der Waals surface area contributed by atoms with E-state index in [4.69, 9.17) is 0 Å². The molecule has 0 bridgehead atoms. The van der Waals surface area contributed by atoms with E-state index in [0.717, 1.165) is 24.3 Å². The molecule has 0 aliphatic carbocycles. The van der Waals surface area contributed by atoms with Crippen molar-refractivity contribution in [3.63, 3.8) is 0 Å². The average Bonchev–Trinajstić information content (AvgIpc) is 2.42. The highest BCUT2D eigenvalue weighted by Gasteiger charge is 2.26. The number of aromatic nitrogens is 1. The fourth-order valence-corrected chi connectivity index (χ4v) is 2.43. The number of carbonyl (C=O) groups is 1. The zero-order valence-corrected chi connectivity index (χ0v) is 11.3. The van der Waals surface area contributed by atoms with Gasteiger partial charge in [0.25, 0.3) is 0 Å². The molecule has 0 aromatic carbocycles. The Morgan fingerprint density at radius 3 is 2.63 bits per heavy atom. The monoisotopic (exact) mass is 258 g/mol. The third kappa shape index (κ3) is 2.91. The van der Waals surface area contributed by atoms with Crippen LogP contribution in [0.15, 0.2) is 18.3 Å². The second-order valence-electron chi connectivity index (χ2n) is 4.75. The summed E-state index contributed by atoms with van der Waals surface area (Å²) in [7, 11) is 0. The lowest BCUT2D eigenvalue weighted by Gasteiger charge is -2.36. The van der Waals surface area contributed by atoms with Gasteiger partial charge in [0.05, 0.1) is 6.07 Å². The highest BCUT2D eigenvalue weighted by Crippen LogP contribution is 2.23. The first-order valence-electron chi connectivity index (χ1n) is 6.44. The van der Waals surface area contributed by atoms with Crippen LogP contribution >= 0.6 is 0 Å². The summed E-state index contributed by atoms with van der Waals surface area (Å²) in [6.07, 6.45) is 1.74. The number of nitrogens with zero attached hydrogens (tertiary/aromatic N) is 4. The molecular weight excluding hydrogens is 240 g/mol. The van der Waals surface area contributed by atoms with Crippen LogP contribution in [0.1, 0.15) is 24.2 Å². The van der Waals surface area contributed by atoms with E-state index < -0.39 is 0 Å². The predicted molar refractivity (Wildman–Crippen MR) is 71.2 cm³/mol. The summed E-state index contributed by atoms with van der Waals surface area (Å²) in [6, 6.07) is 5.89. The minimum Gasteiger partial charge on any atom is -0.340 e. The van der Waals surface area contributed by atoms with Gasteiger partial charge >= 0.3 is 0 Å². The fourth-order valence-electron chi connectivity index (χ4n) is 2.43. The lowest BCUT2D eigenvalue weighted by molar-refractivity contribution is -0.130. The maximum absolute atomic E-state index is 11.3. The van der Waals surface area contributed by atoms with Gasteiger partial charge in [-0.05, 0) is 13.0 Å². The zero-order chi connectivity index (χ0) is 13.8. The molecule has 5 nitrogen and oxygen atoms in total. The Hall–Kier alpha value is -1.93. The summed E-state index contributed by atoms with van der Waals surface area (Å²) in [6.45, 7) is 6.34. The van der Waals surface area contributed by atoms with Crippen LogP contribution < -0.4 is 0 Å². The molecule has 1 aliphatic rings. The molecule has 2 rings (SSSR count). The number of hydrogen-bond donors (Lipinski definition) is 0. The van der Waals surface area contributed by atoms with E-state index in [-0.39, 0.29) is 11.9 Å². The van der Waals surface area contributed by atoms with Crippen LogP contribution in [0.4, 0.5) is 0 Å². The molecule has 1 amide bonds. The molecule has 100 valence electrons. The van der Waals surface area contributed by atoms with Crippen molar-refractivity contribution >= 4 is 5.91 Å². The summed E-state index contributed by atoms with van der Waals surface area (Å²) in [4.78, 5) is 19.5. The fraction of sp³-hybridized carbons (Fsp3) is 0.500. The van der Waals surface area contributed by atoms with Crippen LogP contribution in [-0.2, 0) is 4.79 Å². The van der Waals surface area contributed by atoms with Gasteiger partial charge in [0.2, 0.25) is 5.91 Å². The number of hydrogen-bond acceptors (Lipinski definition) is 4. The summed E-state index contributed by atoms with van der Waals surface area (Å²) >= 11 is 0. The van der Waals surface area contributed by atoms with Crippen molar-refractivity contribution in [2.75, 3.05) is 26.2 Å². The third-order valence-electron chi connectivity index (χ3n) is 3.59. The predicted octanol–water partition coefficient (Wildman–Crippen LogP) is 1.12. The number of pyridine rings is 1. The molecule has 0 N–H and O–H groups in total. The summed E-state index contributed by atoms with van der Waals surface area (Å²) in [5.41, 5.74) is 1.85. The van der Waals surface area contributed by atoms with Gasteiger partial charge in [-0.15, -0.1) is 0 Å². The van der Waals surface area contributed by atoms with E-state index in [9.17, 15) is 10.1 Å². The minimum atomic E-state index is -0.275. The first-order valence-corrected chi connectivity index (χ1v) is 6.44. The van der Waals surface area contributed by atoms with Crippen molar-refractivity contribution in [1.82, 2.24) is 14.8 Å². The average molecular weight is 258 g/mol. The molecule has 0 spiro atoms. The van der Waals surface area contributed by atoms with Gasteiger partial charge in [0.1, 0.15) is 6.04 Å². The Bertz CT molecular complexity index is 500. The highest BCUT2D eigenvalue weighted by molar-refractivity contribution is 5.73. The molecule has 0 radical (unpaired) electrons. The molecular formula is C14H18N4O. The molecule has 1 saturated heterocycles. The van der Waals surface area contributed by atoms with E-state index >= 15 is 0 Å². The standard InChI is InChI=1S/C14H18N4O/c1-11-13(4-3-5-16-11)14(10-15)18-8-6-17(7-9-18)12(2)19/h3-5,14H,6-9H2,1-2H3. The molecule has 19 heavy (non-hydrogen) atoms. The van der Waals surface area contributed by atoms with Crippen LogP contribution in [0.2, 0.25) is 0 Å². The summed E-state index contributed by atoms with van der Waals surface area (Å²) < 4.78 is 0. The number of aryl methyl sites for hydroxylation is 1. The van der Waals surface area contributed by atoms with Crippen molar-refractivity contribution in [3.05, 3.63) is 29.6 Å². The molecule has 1 aromatic rings. The third-order valence-corrected chi connectivity index (χ3v) is 3.59. The minimum absolute atomic E-state index is 0.103. The van der Waals surface area contributed by atoms with E-state index in [0.29, 0.717) is 13.1 Å². The zero-order valence-electron chi connectivity index (χ0n) is 11.3. The van der Waals surface area contributed by atoms with Crippen LogP contribution in [0.25, 0.3) is 0 Å². The van der Waals surface area contributed by atoms with Gasteiger partial charge < -0.3 is 4.90 Å². The first-order chi connectivity index (χ1) is 9.13. The number of amides is 1. The normalized spacial score (nSPS) is 17.8. The summed E-state index contributed by atoms with van der Waals surface area (Å²) in [5.74, 6) is 0.103. The second-order valence-corrected chi connectivity index (χ2v) is 4.75. The Kier molecular flexibility index (Phi) is 4.13. The molecule has 1 aliphatic heterocycles. The van der Waals surface area contributed by atoms with Crippen molar-refractivity contribution in [2.45, 2.75) is 19.9 Å². The molecule has 1 aromatic heterocycles. The SMILES string of the molecule is CC(=O)N1CCN(C(C#N)c2cccnc2C)CC1. The lowest BCUT2D eigenvalue weighted by atomic mass is 10.0. The Morgan fingerprint density at radius 2 is 2.11 bits per heavy atom. The Morgan fingerprint density at radius 1 is 1.42 bits per heavy atom. The smallest absolute Gasteiger partial charge is 0.219 e. The van der Waals surface area contributed by atoms with Crippen LogP contribution in [0.5, 0.6) is 0 Å². The second kappa shape index (κ2) is 5.81. The van der Waals surface area contributed by atoms with Gasteiger partial charge in [-0.25, -0.2) is 0 Å². The molecule has 5 heteroatoms. The van der Waals surface area contributed by atoms with Gasteiger partial charge in [0, 0.05) is 50.6 Å². The number of rotatable bonds is 2. The Balaban J connectivity index is 2.11. The summed E-state index contributed by atoms with van der Waals surface area (Å²) in [5, 5.41) is 9.43. The van der Waals surface area contributed by atoms with Gasteiger partial charge in [0.15, 0.2) is 0 Å². The van der Waals surface area contributed by atoms with Crippen LogP contribution in [0.3, 0.4) is 0 Å². The van der Waals surface area contributed by atoms with E-state index in [1.165, 1.54) is 0 Å². The van der Waals surface area contributed by atoms with Crippen molar-refractivity contribution in [2.24, 2.45) is 0 Å². The number of carbonyl (C=O) groups excluding carboxylic acids is 1. The Labute approximate surface area is 113 Å². The first kappa shape index (κ1) is 13.5. The lowest BCUT2D eigenvalue weighted by Crippen LogP contribution is -2.49. The van der Waals surface area contributed by atoms with Gasteiger partial charge in [-0.3, -0.25) is 14.7 Å². The largest absolute Gasteiger partial charge is 0.340 e. The molecule has 1 atom stereocenters. The molecule has 1 unspecified atom stereocenters. The quantitative estimate of drug-likeness (QED) is 0.797. The van der Waals surface area contributed by atoms with Crippen molar-refractivity contribution in [1.29, 1.82) is 5.26 Å². The highest BCUT2D eigenvalue weighted by atomic mass is 16.2. The van der Waals surface area contributed by atoms with Crippen LogP contribution in [0, 0.1) is 18.3 Å². The van der Waals surface area contributed by atoms with E-state index in [1.807, 2.05) is 24.0 Å². The van der Waals surface area contributed by atoms with Gasteiger partial charge in [-0.2, -0.15) is 5.26 Å². The van der Waals surface area contributed by atoms with Crippen molar-refractivity contribution < 1.29 is 4.79 Å². The van der Waals surface area contributed by atoms with Crippen LogP contribution in [-0.4, -0.2) is 46.9 Å². The maximum atomic E-state index is 11.3. The maximum Gasteiger partial charge on any atom is 0.219 e.